The molecule has 0 amide bonds. The molecule has 0 aliphatic carbocycles. The molecule has 1 aromatic heterocycles. The van der Waals surface area contributed by atoms with E-state index in [9.17, 15) is 9.18 Å². The van der Waals surface area contributed by atoms with Gasteiger partial charge < -0.3 is 15.6 Å². The zero-order valence-electron chi connectivity index (χ0n) is 10.1. The molecule has 6 heteroatoms. The van der Waals surface area contributed by atoms with Crippen molar-refractivity contribution in [2.45, 2.75) is 0 Å². The largest absolute Gasteiger partial charge is 0.492 e. The summed E-state index contributed by atoms with van der Waals surface area (Å²) in [6.07, 6.45) is 0. The number of carboxylic acid groups (broad SMARTS) is 1. The molecule has 0 atom stereocenters. The van der Waals surface area contributed by atoms with Crippen LogP contribution in [-0.2, 0) is 0 Å². The number of ether oxygens (including phenoxy) is 1. The summed E-state index contributed by atoms with van der Waals surface area (Å²) in [6, 6.07) is 8.37. The number of carbonyl (C=O) groups is 1. The molecule has 0 aliphatic rings. The van der Waals surface area contributed by atoms with Crippen LogP contribution < -0.4 is 10.5 Å². The summed E-state index contributed by atoms with van der Waals surface area (Å²) in [7, 11) is 1.21. The first-order valence-electron chi connectivity index (χ1n) is 5.38. The standard InChI is InChI=1S/C13H11FN2O3/c1-19-12-9(15)8(14)10(16-11(12)13(17)18)7-5-3-2-4-6-7/h2-6H,1H3,(H2,15,16)(H,17,18). The fourth-order valence-electron chi connectivity index (χ4n) is 1.71. The van der Waals surface area contributed by atoms with E-state index in [0.717, 1.165) is 0 Å². The minimum atomic E-state index is -1.33. The zero-order valence-corrected chi connectivity index (χ0v) is 10.1. The maximum Gasteiger partial charge on any atom is 0.358 e. The maximum absolute atomic E-state index is 14.1. The molecule has 0 fully saturated rings. The molecule has 0 bridgehead atoms. The molecular weight excluding hydrogens is 251 g/mol. The Bertz CT molecular complexity index is 630. The Hall–Kier alpha value is -2.63. The second-order valence-electron chi connectivity index (χ2n) is 3.74. The lowest BCUT2D eigenvalue weighted by Crippen LogP contribution is -2.10. The number of methoxy groups -OCH3 is 1. The summed E-state index contributed by atoms with van der Waals surface area (Å²) in [4.78, 5) is 14.9. The number of nitrogens with two attached hydrogens (primary N) is 1. The molecule has 98 valence electrons. The van der Waals surface area contributed by atoms with Crippen molar-refractivity contribution < 1.29 is 19.0 Å². The number of anilines is 1. The molecule has 0 aliphatic heterocycles. The third-order valence-corrected chi connectivity index (χ3v) is 2.58. The van der Waals surface area contributed by atoms with E-state index in [1.807, 2.05) is 0 Å². The molecule has 0 saturated heterocycles. The second-order valence-corrected chi connectivity index (χ2v) is 3.74. The lowest BCUT2D eigenvalue weighted by molar-refractivity contribution is 0.0686. The lowest BCUT2D eigenvalue weighted by Gasteiger charge is -2.12. The van der Waals surface area contributed by atoms with E-state index >= 15 is 0 Å². The Morgan fingerprint density at radius 1 is 1.37 bits per heavy atom. The molecule has 1 heterocycles. The van der Waals surface area contributed by atoms with E-state index < -0.39 is 17.5 Å². The number of aromatic carboxylic acids is 1. The number of benzene rings is 1. The van der Waals surface area contributed by atoms with Crippen molar-refractivity contribution in [1.82, 2.24) is 4.98 Å². The summed E-state index contributed by atoms with van der Waals surface area (Å²) < 4.78 is 18.9. The summed E-state index contributed by atoms with van der Waals surface area (Å²) in [6.45, 7) is 0. The van der Waals surface area contributed by atoms with Gasteiger partial charge in [0, 0.05) is 5.56 Å². The van der Waals surface area contributed by atoms with Crippen molar-refractivity contribution in [1.29, 1.82) is 0 Å². The molecule has 1 aromatic carbocycles. The monoisotopic (exact) mass is 262 g/mol. The fourth-order valence-corrected chi connectivity index (χ4v) is 1.71. The Kier molecular flexibility index (Phi) is 3.33. The van der Waals surface area contributed by atoms with Gasteiger partial charge in [-0.25, -0.2) is 14.2 Å². The molecule has 5 nitrogen and oxygen atoms in total. The number of carboxylic acids is 1. The number of nitrogens with zero attached hydrogens (tertiary/aromatic N) is 1. The molecule has 0 spiro atoms. The highest BCUT2D eigenvalue weighted by Gasteiger charge is 2.23. The number of aromatic nitrogens is 1. The Balaban J connectivity index is 2.74. The van der Waals surface area contributed by atoms with Crippen LogP contribution in [0.5, 0.6) is 5.75 Å². The van der Waals surface area contributed by atoms with Crippen molar-refractivity contribution in [3.63, 3.8) is 0 Å². The van der Waals surface area contributed by atoms with Crippen LogP contribution in [0.25, 0.3) is 11.3 Å². The highest BCUT2D eigenvalue weighted by molar-refractivity contribution is 5.92. The first-order chi connectivity index (χ1) is 9.06. The van der Waals surface area contributed by atoms with Crippen LogP contribution in [-0.4, -0.2) is 23.2 Å². The summed E-state index contributed by atoms with van der Waals surface area (Å²) in [5, 5.41) is 9.06. The molecule has 0 radical (unpaired) electrons. The SMILES string of the molecule is COc1c(C(=O)O)nc(-c2ccccc2)c(F)c1N. The van der Waals surface area contributed by atoms with Crippen LogP contribution in [0.2, 0.25) is 0 Å². The van der Waals surface area contributed by atoms with Crippen molar-refractivity contribution in [3.05, 3.63) is 41.8 Å². The number of rotatable bonds is 3. The third-order valence-electron chi connectivity index (χ3n) is 2.58. The summed E-state index contributed by atoms with van der Waals surface area (Å²) in [5.41, 5.74) is 5.11. The average Bonchev–Trinajstić information content (AvgIpc) is 2.42. The van der Waals surface area contributed by atoms with E-state index in [1.54, 1.807) is 30.3 Å². The van der Waals surface area contributed by atoms with Crippen LogP contribution in [0, 0.1) is 5.82 Å². The number of hydrogen-bond donors (Lipinski definition) is 2. The van der Waals surface area contributed by atoms with E-state index in [1.165, 1.54) is 7.11 Å². The smallest absolute Gasteiger partial charge is 0.358 e. The molecule has 0 unspecified atom stereocenters. The van der Waals surface area contributed by atoms with Gasteiger partial charge in [0.05, 0.1) is 7.11 Å². The predicted molar refractivity (Wildman–Crippen MR) is 67.6 cm³/mol. The molecular formula is C13H11FN2O3. The van der Waals surface area contributed by atoms with Gasteiger partial charge in [-0.3, -0.25) is 0 Å². The molecule has 19 heavy (non-hydrogen) atoms. The first kappa shape index (κ1) is 12.8. The van der Waals surface area contributed by atoms with Crippen molar-refractivity contribution in [3.8, 4) is 17.0 Å². The van der Waals surface area contributed by atoms with E-state index in [2.05, 4.69) is 4.98 Å². The van der Waals surface area contributed by atoms with Crippen molar-refractivity contribution in [2.24, 2.45) is 0 Å². The number of halogens is 1. The third kappa shape index (κ3) is 2.20. The van der Waals surface area contributed by atoms with Crippen molar-refractivity contribution in [2.75, 3.05) is 12.8 Å². The van der Waals surface area contributed by atoms with Gasteiger partial charge in [-0.1, -0.05) is 30.3 Å². The minimum Gasteiger partial charge on any atom is -0.492 e. The summed E-state index contributed by atoms with van der Waals surface area (Å²) >= 11 is 0. The van der Waals surface area contributed by atoms with Crippen LogP contribution in [0.4, 0.5) is 10.1 Å². The van der Waals surface area contributed by atoms with Crippen molar-refractivity contribution >= 4 is 11.7 Å². The van der Waals surface area contributed by atoms with Gasteiger partial charge in [0.2, 0.25) is 0 Å². The Labute approximate surface area is 108 Å². The number of hydrogen-bond acceptors (Lipinski definition) is 4. The van der Waals surface area contributed by atoms with Crippen LogP contribution in [0.1, 0.15) is 10.5 Å². The average molecular weight is 262 g/mol. The van der Waals surface area contributed by atoms with E-state index in [4.69, 9.17) is 15.6 Å². The molecule has 2 aromatic rings. The highest BCUT2D eigenvalue weighted by Crippen LogP contribution is 2.33. The van der Waals surface area contributed by atoms with Gasteiger partial charge >= 0.3 is 5.97 Å². The van der Waals surface area contributed by atoms with Crippen LogP contribution in [0.15, 0.2) is 30.3 Å². The highest BCUT2D eigenvalue weighted by atomic mass is 19.1. The topological polar surface area (TPSA) is 85.4 Å². The second kappa shape index (κ2) is 4.93. The quantitative estimate of drug-likeness (QED) is 0.885. The van der Waals surface area contributed by atoms with Gasteiger partial charge in [0.25, 0.3) is 0 Å². The van der Waals surface area contributed by atoms with Gasteiger partial charge in [-0.15, -0.1) is 0 Å². The molecule has 3 N–H and O–H groups in total. The van der Waals surface area contributed by atoms with Crippen LogP contribution in [0.3, 0.4) is 0 Å². The molecule has 2 rings (SSSR count). The summed E-state index contributed by atoms with van der Waals surface area (Å²) in [5.74, 6) is -2.40. The van der Waals surface area contributed by atoms with Crippen LogP contribution >= 0.6 is 0 Å². The predicted octanol–water partition coefficient (Wildman–Crippen LogP) is 2.18. The normalized spacial score (nSPS) is 10.2. The van der Waals surface area contributed by atoms with E-state index in [-0.39, 0.29) is 17.1 Å². The minimum absolute atomic E-state index is 0.115. The van der Waals surface area contributed by atoms with Gasteiger partial charge in [-0.2, -0.15) is 0 Å². The van der Waals surface area contributed by atoms with Gasteiger partial charge in [-0.05, 0) is 0 Å². The molecule has 0 saturated carbocycles. The number of pyridine rings is 1. The van der Waals surface area contributed by atoms with E-state index in [0.29, 0.717) is 5.56 Å². The maximum atomic E-state index is 14.1. The fraction of sp³-hybridized carbons (Fsp3) is 0.0769. The lowest BCUT2D eigenvalue weighted by atomic mass is 10.1. The van der Waals surface area contributed by atoms with Gasteiger partial charge in [0.1, 0.15) is 11.4 Å². The van der Waals surface area contributed by atoms with Gasteiger partial charge in [0.15, 0.2) is 17.3 Å². The Morgan fingerprint density at radius 3 is 2.53 bits per heavy atom. The zero-order chi connectivity index (χ0) is 14.0. The Morgan fingerprint density at radius 2 is 2.00 bits per heavy atom. The first-order valence-corrected chi connectivity index (χ1v) is 5.38. The number of nitrogen functional groups attached to an aromatic ring is 1.